The average Bonchev–Trinajstić information content (AvgIpc) is 2.27. The number of aryl methyl sites for hydroxylation is 1. The van der Waals surface area contributed by atoms with Crippen LogP contribution in [0.1, 0.15) is 30.5 Å². The summed E-state index contributed by atoms with van der Waals surface area (Å²) in [5, 5.41) is 2.85. The molecule has 1 heterocycles. The fourth-order valence-electron chi connectivity index (χ4n) is 1.77. The van der Waals surface area contributed by atoms with E-state index in [1.807, 2.05) is 19.1 Å². The van der Waals surface area contributed by atoms with Crippen molar-refractivity contribution in [1.82, 2.24) is 5.43 Å². The summed E-state index contributed by atoms with van der Waals surface area (Å²) in [6.45, 7) is 2.00. The molecular weight excluding hydrogens is 190 g/mol. The zero-order valence-electron chi connectivity index (χ0n) is 8.71. The van der Waals surface area contributed by atoms with Gasteiger partial charge in [0.05, 0.1) is 0 Å². The van der Waals surface area contributed by atoms with Gasteiger partial charge in [-0.05, 0) is 30.5 Å². The first-order chi connectivity index (χ1) is 7.20. The predicted molar refractivity (Wildman–Crippen MR) is 59.1 cm³/mol. The minimum Gasteiger partial charge on any atom is -0.326 e. The molecule has 1 aromatic rings. The highest BCUT2D eigenvalue weighted by Gasteiger charge is 2.15. The zero-order chi connectivity index (χ0) is 10.8. The van der Waals surface area contributed by atoms with Gasteiger partial charge in [-0.15, -0.1) is 0 Å². The number of hydrazine groups is 1. The highest BCUT2D eigenvalue weighted by atomic mass is 16.1. The molecule has 80 valence electrons. The fourth-order valence-corrected chi connectivity index (χ4v) is 1.77. The molecule has 15 heavy (non-hydrogen) atoms. The maximum absolute atomic E-state index is 11.2. The first-order valence-corrected chi connectivity index (χ1v) is 5.09. The largest absolute Gasteiger partial charge is 0.326 e. The zero-order valence-corrected chi connectivity index (χ0v) is 8.71. The van der Waals surface area contributed by atoms with Gasteiger partial charge >= 0.3 is 0 Å². The molecule has 1 unspecified atom stereocenters. The third-order valence-electron chi connectivity index (χ3n) is 2.77. The second kappa shape index (κ2) is 4.00. The van der Waals surface area contributed by atoms with Crippen LogP contribution in [0.2, 0.25) is 0 Å². The second-order valence-corrected chi connectivity index (χ2v) is 3.85. The molecule has 1 aromatic carbocycles. The van der Waals surface area contributed by atoms with Crippen LogP contribution < -0.4 is 16.6 Å². The number of amides is 1. The number of nitrogens with two attached hydrogens (primary N) is 1. The van der Waals surface area contributed by atoms with Crippen molar-refractivity contribution < 1.29 is 4.79 Å². The summed E-state index contributed by atoms with van der Waals surface area (Å²) in [6.07, 6.45) is 1.38. The Morgan fingerprint density at radius 3 is 3.00 bits per heavy atom. The van der Waals surface area contributed by atoms with Crippen LogP contribution >= 0.6 is 0 Å². The van der Waals surface area contributed by atoms with Gasteiger partial charge in [-0.1, -0.05) is 12.1 Å². The predicted octanol–water partition coefficient (Wildman–Crippen LogP) is 1.10. The Morgan fingerprint density at radius 2 is 2.27 bits per heavy atom. The number of fused-ring (bicyclic) bond motifs is 1. The van der Waals surface area contributed by atoms with E-state index in [9.17, 15) is 4.79 Å². The molecule has 0 bridgehead atoms. The lowest BCUT2D eigenvalue weighted by molar-refractivity contribution is -0.116. The Kier molecular flexibility index (Phi) is 2.70. The maximum Gasteiger partial charge on any atom is 0.224 e. The molecule has 4 nitrogen and oxygen atoms in total. The van der Waals surface area contributed by atoms with E-state index < -0.39 is 0 Å². The summed E-state index contributed by atoms with van der Waals surface area (Å²) in [5.74, 6) is 5.48. The average molecular weight is 205 g/mol. The lowest BCUT2D eigenvalue weighted by Crippen LogP contribution is -2.26. The monoisotopic (exact) mass is 205 g/mol. The van der Waals surface area contributed by atoms with E-state index in [-0.39, 0.29) is 11.9 Å². The van der Waals surface area contributed by atoms with Gasteiger partial charge in [-0.3, -0.25) is 16.1 Å². The van der Waals surface area contributed by atoms with Crippen LogP contribution in [-0.4, -0.2) is 5.91 Å². The molecule has 0 spiro atoms. The molecular formula is C11H15N3O. The third-order valence-corrected chi connectivity index (χ3v) is 2.77. The van der Waals surface area contributed by atoms with Crippen LogP contribution in [0, 0.1) is 0 Å². The van der Waals surface area contributed by atoms with Gasteiger partial charge < -0.3 is 5.32 Å². The molecule has 0 saturated heterocycles. The molecule has 1 aliphatic heterocycles. The van der Waals surface area contributed by atoms with E-state index in [1.54, 1.807) is 0 Å². The molecule has 0 fully saturated rings. The first kappa shape index (κ1) is 10.1. The van der Waals surface area contributed by atoms with Crippen LogP contribution in [0.15, 0.2) is 18.2 Å². The SMILES string of the molecule is CC(NN)c1ccc2c(c1)CCC(=O)N2. The summed E-state index contributed by atoms with van der Waals surface area (Å²) in [7, 11) is 0. The Hall–Kier alpha value is -1.39. The Labute approximate surface area is 88.8 Å². The van der Waals surface area contributed by atoms with Crippen LogP contribution in [0.4, 0.5) is 5.69 Å². The van der Waals surface area contributed by atoms with Gasteiger partial charge in [0.1, 0.15) is 0 Å². The molecule has 4 heteroatoms. The molecule has 0 aliphatic carbocycles. The van der Waals surface area contributed by atoms with Crippen LogP contribution in [0.25, 0.3) is 0 Å². The van der Waals surface area contributed by atoms with Gasteiger partial charge in [-0.25, -0.2) is 0 Å². The minimum absolute atomic E-state index is 0.0975. The van der Waals surface area contributed by atoms with Crippen molar-refractivity contribution >= 4 is 11.6 Å². The molecule has 0 saturated carbocycles. The highest BCUT2D eigenvalue weighted by molar-refractivity contribution is 5.93. The summed E-state index contributed by atoms with van der Waals surface area (Å²) in [6, 6.07) is 6.15. The Morgan fingerprint density at radius 1 is 1.47 bits per heavy atom. The Bertz CT molecular complexity index is 389. The van der Waals surface area contributed by atoms with Crippen LogP contribution in [0.3, 0.4) is 0 Å². The smallest absolute Gasteiger partial charge is 0.224 e. The van der Waals surface area contributed by atoms with Crippen molar-refractivity contribution in [1.29, 1.82) is 0 Å². The number of nitrogens with one attached hydrogen (secondary N) is 2. The number of hydrogen-bond acceptors (Lipinski definition) is 3. The van der Waals surface area contributed by atoms with Crippen molar-refractivity contribution in [3.8, 4) is 0 Å². The molecule has 0 aromatic heterocycles. The number of rotatable bonds is 2. The Balaban J connectivity index is 2.30. The quantitative estimate of drug-likeness (QED) is 0.500. The first-order valence-electron chi connectivity index (χ1n) is 5.09. The number of anilines is 1. The van der Waals surface area contributed by atoms with E-state index in [0.717, 1.165) is 17.7 Å². The van der Waals surface area contributed by atoms with E-state index >= 15 is 0 Å². The van der Waals surface area contributed by atoms with E-state index in [4.69, 9.17) is 5.84 Å². The normalized spacial score (nSPS) is 16.8. The third kappa shape index (κ3) is 2.00. The summed E-state index contributed by atoms with van der Waals surface area (Å²) >= 11 is 0. The number of hydrogen-bond donors (Lipinski definition) is 3. The van der Waals surface area contributed by atoms with Crippen molar-refractivity contribution in [3.63, 3.8) is 0 Å². The number of carbonyl (C=O) groups excluding carboxylic acids is 1. The van der Waals surface area contributed by atoms with Crippen LogP contribution in [0.5, 0.6) is 0 Å². The lowest BCUT2D eigenvalue weighted by Gasteiger charge is -2.19. The number of benzene rings is 1. The minimum atomic E-state index is 0.0975. The number of carbonyl (C=O) groups is 1. The van der Waals surface area contributed by atoms with Crippen LogP contribution in [-0.2, 0) is 11.2 Å². The van der Waals surface area contributed by atoms with Gasteiger partial charge in [0, 0.05) is 18.2 Å². The van der Waals surface area contributed by atoms with Crippen molar-refractivity contribution in [2.24, 2.45) is 5.84 Å². The second-order valence-electron chi connectivity index (χ2n) is 3.85. The van der Waals surface area contributed by atoms with E-state index in [2.05, 4.69) is 16.8 Å². The van der Waals surface area contributed by atoms with Crippen molar-refractivity contribution in [2.45, 2.75) is 25.8 Å². The van der Waals surface area contributed by atoms with Gasteiger partial charge in [0.2, 0.25) is 5.91 Å². The molecule has 2 rings (SSSR count). The van der Waals surface area contributed by atoms with E-state index in [0.29, 0.717) is 6.42 Å². The van der Waals surface area contributed by atoms with Gasteiger partial charge in [0.15, 0.2) is 0 Å². The van der Waals surface area contributed by atoms with Gasteiger partial charge in [-0.2, -0.15) is 0 Å². The molecule has 1 amide bonds. The van der Waals surface area contributed by atoms with E-state index in [1.165, 1.54) is 5.56 Å². The highest BCUT2D eigenvalue weighted by Crippen LogP contribution is 2.25. The standard InChI is InChI=1S/C11H15N3O/c1-7(14-12)8-2-4-10-9(6-8)3-5-11(15)13-10/h2,4,6-7,14H,3,5,12H2,1H3,(H,13,15). The molecule has 4 N–H and O–H groups in total. The topological polar surface area (TPSA) is 67.1 Å². The summed E-state index contributed by atoms with van der Waals surface area (Å²) < 4.78 is 0. The van der Waals surface area contributed by atoms with Crippen molar-refractivity contribution in [2.75, 3.05) is 5.32 Å². The lowest BCUT2D eigenvalue weighted by atomic mass is 9.98. The molecule has 1 atom stereocenters. The maximum atomic E-state index is 11.2. The van der Waals surface area contributed by atoms with Crippen molar-refractivity contribution in [3.05, 3.63) is 29.3 Å². The van der Waals surface area contributed by atoms with Gasteiger partial charge in [0.25, 0.3) is 0 Å². The summed E-state index contributed by atoms with van der Waals surface area (Å²) in [4.78, 5) is 11.2. The fraction of sp³-hybridized carbons (Fsp3) is 0.364. The molecule has 0 radical (unpaired) electrons. The summed E-state index contributed by atoms with van der Waals surface area (Å²) in [5.41, 5.74) is 5.97. The molecule has 1 aliphatic rings.